The molecule has 0 saturated heterocycles. The van der Waals surface area contributed by atoms with Crippen LogP contribution in [0.5, 0.6) is 0 Å². The average Bonchev–Trinajstić information content (AvgIpc) is 2.70. The van der Waals surface area contributed by atoms with Crippen LogP contribution < -0.4 is 0 Å². The Morgan fingerprint density at radius 3 is 3.15 bits per heavy atom. The Morgan fingerprint density at radius 2 is 2.23 bits per heavy atom. The van der Waals surface area contributed by atoms with Gasteiger partial charge in [-0.1, -0.05) is 0 Å². The van der Waals surface area contributed by atoms with E-state index in [-0.39, 0.29) is 0 Å². The molecule has 0 unspecified atom stereocenters. The monoisotopic (exact) mass is 172 g/mol. The Labute approximate surface area is 74.2 Å². The van der Waals surface area contributed by atoms with E-state index in [2.05, 4.69) is 19.4 Å². The minimum absolute atomic E-state index is 0.893. The van der Waals surface area contributed by atoms with Gasteiger partial charge < -0.3 is 4.98 Å². The first kappa shape index (κ1) is 6.65. The highest BCUT2D eigenvalue weighted by atomic mass is 15.1. The van der Waals surface area contributed by atoms with Gasteiger partial charge in [0.15, 0.2) is 11.3 Å². The van der Waals surface area contributed by atoms with Crippen LogP contribution in [0.4, 0.5) is 0 Å². The minimum atomic E-state index is 0.893. The van der Waals surface area contributed by atoms with Crippen LogP contribution in [0.1, 0.15) is 5.69 Å². The van der Waals surface area contributed by atoms with Crippen molar-refractivity contribution < 1.29 is 0 Å². The lowest BCUT2D eigenvalue weighted by atomic mass is 10.4. The summed E-state index contributed by atoms with van der Waals surface area (Å²) in [5.41, 5.74) is 3.99. The van der Waals surface area contributed by atoms with Crippen molar-refractivity contribution in [2.75, 3.05) is 0 Å². The summed E-state index contributed by atoms with van der Waals surface area (Å²) in [5.74, 6) is 0. The van der Waals surface area contributed by atoms with E-state index in [1.54, 1.807) is 6.20 Å². The second-order valence-corrected chi connectivity index (χ2v) is 3.06. The van der Waals surface area contributed by atoms with Gasteiger partial charge in [0, 0.05) is 18.1 Å². The lowest BCUT2D eigenvalue weighted by Gasteiger charge is -1.97. The van der Waals surface area contributed by atoms with E-state index in [1.165, 1.54) is 0 Å². The molecule has 3 aromatic heterocycles. The fourth-order valence-corrected chi connectivity index (χ4v) is 1.62. The summed E-state index contributed by atoms with van der Waals surface area (Å²) in [4.78, 5) is 11.5. The van der Waals surface area contributed by atoms with Crippen molar-refractivity contribution >= 4 is 16.8 Å². The van der Waals surface area contributed by atoms with Crippen molar-refractivity contribution in [3.63, 3.8) is 0 Å². The Morgan fingerprint density at radius 1 is 1.31 bits per heavy atom. The maximum absolute atomic E-state index is 4.24. The van der Waals surface area contributed by atoms with E-state index in [4.69, 9.17) is 0 Å². The summed E-state index contributed by atoms with van der Waals surface area (Å²) in [6.07, 6.45) is 5.51. The highest BCUT2D eigenvalue weighted by Gasteiger charge is 2.04. The fourth-order valence-electron chi connectivity index (χ4n) is 1.62. The zero-order chi connectivity index (χ0) is 8.84. The van der Waals surface area contributed by atoms with Crippen molar-refractivity contribution in [3.8, 4) is 0 Å². The molecule has 4 heteroatoms. The second-order valence-electron chi connectivity index (χ2n) is 3.06. The Balaban J connectivity index is 2.70. The quantitative estimate of drug-likeness (QED) is 0.558. The predicted molar refractivity (Wildman–Crippen MR) is 49.6 cm³/mol. The summed E-state index contributed by atoms with van der Waals surface area (Å²) in [6, 6.07) is 2.00. The summed E-state index contributed by atoms with van der Waals surface area (Å²) < 4.78 is 2.08. The molecule has 0 atom stereocenters. The van der Waals surface area contributed by atoms with Crippen LogP contribution >= 0.6 is 0 Å². The molecule has 0 amide bonds. The number of H-pyrrole nitrogens is 1. The number of hydrogen-bond acceptors (Lipinski definition) is 2. The van der Waals surface area contributed by atoms with E-state index in [1.807, 2.05) is 25.4 Å². The number of rotatable bonds is 0. The first-order valence-electron chi connectivity index (χ1n) is 4.12. The minimum Gasteiger partial charge on any atom is -0.345 e. The molecule has 13 heavy (non-hydrogen) atoms. The molecule has 0 aliphatic rings. The van der Waals surface area contributed by atoms with Crippen molar-refractivity contribution in [1.29, 1.82) is 0 Å². The summed E-state index contributed by atoms with van der Waals surface area (Å²) >= 11 is 0. The third-order valence-corrected chi connectivity index (χ3v) is 2.22. The number of hydrogen-bond donors (Lipinski definition) is 1. The normalized spacial score (nSPS) is 11.5. The SMILES string of the molecule is Cc1cnc2cnc3[nH]ccc3n12. The number of nitrogens with zero attached hydrogens (tertiary/aromatic N) is 3. The smallest absolute Gasteiger partial charge is 0.156 e. The zero-order valence-corrected chi connectivity index (χ0v) is 7.15. The van der Waals surface area contributed by atoms with Gasteiger partial charge in [-0.3, -0.25) is 4.40 Å². The number of aromatic amines is 1. The van der Waals surface area contributed by atoms with Crippen LogP contribution in [0.3, 0.4) is 0 Å². The van der Waals surface area contributed by atoms with Gasteiger partial charge in [0.25, 0.3) is 0 Å². The standard InChI is InChI=1S/C9H8N4/c1-6-4-11-8-5-12-9-7(13(6)8)2-3-10-9/h2-5,10H,1H3. The van der Waals surface area contributed by atoms with Crippen molar-refractivity contribution in [2.24, 2.45) is 0 Å². The van der Waals surface area contributed by atoms with E-state index in [9.17, 15) is 0 Å². The molecule has 3 aromatic rings. The average molecular weight is 172 g/mol. The van der Waals surface area contributed by atoms with Crippen LogP contribution in [0.25, 0.3) is 16.8 Å². The summed E-state index contributed by atoms with van der Waals surface area (Å²) in [6.45, 7) is 2.03. The molecule has 0 radical (unpaired) electrons. The highest BCUT2D eigenvalue weighted by molar-refractivity contribution is 5.74. The number of aromatic nitrogens is 4. The molecule has 0 fully saturated rings. The van der Waals surface area contributed by atoms with Crippen LogP contribution in [-0.2, 0) is 0 Å². The first-order chi connectivity index (χ1) is 6.36. The van der Waals surface area contributed by atoms with Gasteiger partial charge in [0.2, 0.25) is 0 Å². The van der Waals surface area contributed by atoms with Gasteiger partial charge in [-0.05, 0) is 13.0 Å². The first-order valence-corrected chi connectivity index (χ1v) is 4.12. The lowest BCUT2D eigenvalue weighted by Crippen LogP contribution is -1.90. The molecule has 0 spiro atoms. The van der Waals surface area contributed by atoms with E-state index < -0.39 is 0 Å². The van der Waals surface area contributed by atoms with E-state index in [0.717, 1.165) is 22.5 Å². The maximum Gasteiger partial charge on any atom is 0.156 e. The number of nitrogens with one attached hydrogen (secondary N) is 1. The summed E-state index contributed by atoms with van der Waals surface area (Å²) in [5, 5.41) is 0. The van der Waals surface area contributed by atoms with Crippen LogP contribution in [0.15, 0.2) is 24.7 Å². The second kappa shape index (κ2) is 2.10. The molecule has 3 heterocycles. The summed E-state index contributed by atoms with van der Waals surface area (Å²) in [7, 11) is 0. The van der Waals surface area contributed by atoms with Gasteiger partial charge in [-0.25, -0.2) is 9.97 Å². The van der Waals surface area contributed by atoms with Gasteiger partial charge in [-0.2, -0.15) is 0 Å². The molecule has 0 saturated carbocycles. The van der Waals surface area contributed by atoms with Crippen LogP contribution in [-0.4, -0.2) is 19.4 Å². The number of fused-ring (bicyclic) bond motifs is 3. The predicted octanol–water partition coefficient (Wildman–Crippen LogP) is 1.52. The molecule has 0 bridgehead atoms. The maximum atomic E-state index is 4.24. The zero-order valence-electron chi connectivity index (χ0n) is 7.15. The molecule has 64 valence electrons. The van der Waals surface area contributed by atoms with E-state index >= 15 is 0 Å². The number of imidazole rings is 1. The van der Waals surface area contributed by atoms with Crippen LogP contribution in [0.2, 0.25) is 0 Å². The topological polar surface area (TPSA) is 46.0 Å². The molecule has 1 N–H and O–H groups in total. The number of aryl methyl sites for hydroxylation is 1. The third-order valence-electron chi connectivity index (χ3n) is 2.22. The molecular weight excluding hydrogens is 164 g/mol. The highest BCUT2D eigenvalue weighted by Crippen LogP contribution is 2.14. The van der Waals surface area contributed by atoms with Crippen molar-refractivity contribution in [3.05, 3.63) is 30.4 Å². The molecule has 4 nitrogen and oxygen atoms in total. The van der Waals surface area contributed by atoms with Gasteiger partial charge in [0.1, 0.15) is 0 Å². The molecule has 3 rings (SSSR count). The Hall–Kier alpha value is -1.84. The van der Waals surface area contributed by atoms with Gasteiger partial charge >= 0.3 is 0 Å². The van der Waals surface area contributed by atoms with Crippen LogP contribution in [0, 0.1) is 6.92 Å². The van der Waals surface area contributed by atoms with E-state index in [0.29, 0.717) is 0 Å². The molecule has 0 aliphatic carbocycles. The molecule has 0 aliphatic heterocycles. The largest absolute Gasteiger partial charge is 0.345 e. The van der Waals surface area contributed by atoms with Gasteiger partial charge in [0.05, 0.1) is 11.7 Å². The Bertz CT molecular complexity index is 575. The molecular formula is C9H8N4. The van der Waals surface area contributed by atoms with Gasteiger partial charge in [-0.15, -0.1) is 0 Å². The Kier molecular flexibility index (Phi) is 1.07. The third kappa shape index (κ3) is 0.744. The lowest BCUT2D eigenvalue weighted by molar-refractivity contribution is 1.14. The fraction of sp³-hybridized carbons (Fsp3) is 0.111. The van der Waals surface area contributed by atoms with Crippen molar-refractivity contribution in [2.45, 2.75) is 6.92 Å². The molecule has 0 aromatic carbocycles. The van der Waals surface area contributed by atoms with Crippen molar-refractivity contribution in [1.82, 2.24) is 19.4 Å².